The fourth-order valence-corrected chi connectivity index (χ4v) is 4.85. The zero-order chi connectivity index (χ0) is 27.4. The minimum absolute atomic E-state index is 0.0659. The van der Waals surface area contributed by atoms with Gasteiger partial charge in [-0.3, -0.25) is 33.6 Å². The maximum Gasteiger partial charge on any atom is 0.393 e. The summed E-state index contributed by atoms with van der Waals surface area (Å²) in [6.07, 6.45) is 2.31. The van der Waals surface area contributed by atoms with Crippen molar-refractivity contribution in [3.63, 3.8) is 0 Å². The number of para-hydroxylation sites is 1. The number of amidine groups is 1. The number of aliphatic imine (C=N–C) groups is 1. The van der Waals surface area contributed by atoms with Crippen LogP contribution in [0.2, 0.25) is 0 Å². The van der Waals surface area contributed by atoms with E-state index in [1.54, 1.807) is 36.1 Å². The predicted molar refractivity (Wildman–Crippen MR) is 139 cm³/mol. The van der Waals surface area contributed by atoms with E-state index in [1.807, 2.05) is 4.58 Å². The predicted octanol–water partition coefficient (Wildman–Crippen LogP) is 0.105. The zero-order valence-corrected chi connectivity index (χ0v) is 21.6. The fourth-order valence-electron chi connectivity index (χ4n) is 4.85. The van der Waals surface area contributed by atoms with Gasteiger partial charge in [0.25, 0.3) is 5.91 Å². The van der Waals surface area contributed by atoms with Gasteiger partial charge >= 0.3 is 12.0 Å². The molecule has 2 atom stereocenters. The molecule has 0 aromatic heterocycles. The summed E-state index contributed by atoms with van der Waals surface area (Å²) in [6.45, 7) is 3.90. The second-order valence-electron chi connectivity index (χ2n) is 9.21. The molecule has 3 aliphatic rings. The highest BCUT2D eigenvalue weighted by Crippen LogP contribution is 2.25. The van der Waals surface area contributed by atoms with Gasteiger partial charge in [0, 0.05) is 12.6 Å². The van der Waals surface area contributed by atoms with Gasteiger partial charge in [-0.15, -0.1) is 5.92 Å². The number of hydrogen-bond donors (Lipinski definition) is 2. The van der Waals surface area contributed by atoms with Crippen molar-refractivity contribution in [2.24, 2.45) is 4.99 Å². The number of carbonyl (C=O) groups is 5. The number of piperidine rings is 1. The minimum Gasteiger partial charge on any atom is -0.353 e. The molecule has 2 N–H and O–H groups in total. The molecule has 5 amide bonds. The quantitative estimate of drug-likeness (QED) is 0.227. The summed E-state index contributed by atoms with van der Waals surface area (Å²) in [6, 6.07) is 4.84. The monoisotopic (exact) mass is 520 g/mol. The Morgan fingerprint density at radius 1 is 1.26 bits per heavy atom. The summed E-state index contributed by atoms with van der Waals surface area (Å²) in [7, 11) is 1.51. The molecule has 38 heavy (non-hydrogen) atoms. The smallest absolute Gasteiger partial charge is 0.353 e. The second-order valence-corrected chi connectivity index (χ2v) is 9.21. The number of carbonyl (C=O) groups excluding carboxylic acids is 5. The number of ketones is 1. The average Bonchev–Trinajstić information content (AvgIpc) is 3.29. The summed E-state index contributed by atoms with van der Waals surface area (Å²) in [5, 5.41) is 5.45. The van der Waals surface area contributed by atoms with Crippen LogP contribution in [0.5, 0.6) is 0 Å². The van der Waals surface area contributed by atoms with Gasteiger partial charge in [0.2, 0.25) is 24.2 Å². The molecule has 0 radical (unpaired) electrons. The largest absolute Gasteiger partial charge is 0.393 e. The molecule has 0 bridgehead atoms. The summed E-state index contributed by atoms with van der Waals surface area (Å²) in [5.74, 6) is 5.14. The first-order valence-electron chi connectivity index (χ1n) is 12.3. The Kier molecular flexibility index (Phi) is 7.85. The van der Waals surface area contributed by atoms with Gasteiger partial charge in [0.15, 0.2) is 5.78 Å². The molecule has 2 fully saturated rings. The molecular formula is C26H30N7O5+. The summed E-state index contributed by atoms with van der Waals surface area (Å²) in [5.41, 5.74) is 0.629. The lowest BCUT2D eigenvalue weighted by Crippen LogP contribution is -2.65. The minimum atomic E-state index is -0.940. The van der Waals surface area contributed by atoms with Crippen molar-refractivity contribution in [2.75, 3.05) is 38.5 Å². The van der Waals surface area contributed by atoms with Crippen molar-refractivity contribution in [1.82, 2.24) is 20.0 Å². The van der Waals surface area contributed by atoms with Crippen LogP contribution in [0, 0.1) is 11.8 Å². The summed E-state index contributed by atoms with van der Waals surface area (Å²) < 4.78 is 1.98. The maximum absolute atomic E-state index is 13.7. The lowest BCUT2D eigenvalue weighted by atomic mass is 10.1. The standard InChI is InChI=1S/C26H29N7O5/c1-4-5-13-32-22-23(29-25(32)31-12-8-9-18(14-31)27-16-34)30(3)26(38)33(24(22)37)15-21(36)28-20-11-7-6-10-19(20)17(2)35/h6-7,10-11,16,18,22H,8-9,12-15H2,1-3H3,(H-,27,28,34,35,36)/p+1. The van der Waals surface area contributed by atoms with E-state index in [2.05, 4.69) is 27.5 Å². The Balaban J connectivity index is 1.61. The van der Waals surface area contributed by atoms with Crippen molar-refractivity contribution in [1.29, 1.82) is 0 Å². The van der Waals surface area contributed by atoms with Crippen molar-refractivity contribution < 1.29 is 28.5 Å². The molecule has 0 spiro atoms. The van der Waals surface area contributed by atoms with Gasteiger partial charge in [-0.2, -0.15) is 0 Å². The molecule has 1 aromatic carbocycles. The van der Waals surface area contributed by atoms with Crippen molar-refractivity contribution in [3.8, 4) is 11.8 Å². The number of fused-ring (bicyclic) bond motifs is 1. The molecule has 3 heterocycles. The number of amides is 5. The molecular weight excluding hydrogens is 490 g/mol. The molecule has 12 nitrogen and oxygen atoms in total. The number of anilines is 1. The van der Waals surface area contributed by atoms with Crippen molar-refractivity contribution in [3.05, 3.63) is 29.8 Å². The Morgan fingerprint density at radius 3 is 2.74 bits per heavy atom. The van der Waals surface area contributed by atoms with E-state index in [0.29, 0.717) is 36.7 Å². The van der Waals surface area contributed by atoms with Crippen molar-refractivity contribution >= 4 is 47.5 Å². The van der Waals surface area contributed by atoms with Crippen LogP contribution in [0.1, 0.15) is 37.0 Å². The molecule has 4 rings (SSSR count). The first-order chi connectivity index (χ1) is 18.3. The van der Waals surface area contributed by atoms with E-state index in [9.17, 15) is 24.0 Å². The van der Waals surface area contributed by atoms with Gasteiger partial charge in [-0.25, -0.2) is 9.69 Å². The third kappa shape index (κ3) is 5.13. The Morgan fingerprint density at radius 2 is 2.03 bits per heavy atom. The van der Waals surface area contributed by atoms with E-state index in [1.165, 1.54) is 18.9 Å². The number of urea groups is 1. The summed E-state index contributed by atoms with van der Waals surface area (Å²) >= 11 is 0. The van der Waals surface area contributed by atoms with Crippen LogP contribution < -0.4 is 10.6 Å². The third-order valence-corrected chi connectivity index (χ3v) is 6.71. The molecule has 12 heteroatoms. The number of likely N-dealkylation sites (N-methyl/N-ethyl adjacent to an activating group) is 1. The number of Topliss-reactive ketones (excluding diaryl/α,β-unsaturated/α-hetero) is 1. The number of benzene rings is 1. The van der Waals surface area contributed by atoms with E-state index in [-0.39, 0.29) is 24.2 Å². The van der Waals surface area contributed by atoms with Gasteiger partial charge in [0.05, 0.1) is 24.8 Å². The molecule has 0 saturated carbocycles. The van der Waals surface area contributed by atoms with Crippen LogP contribution in [0.25, 0.3) is 0 Å². The van der Waals surface area contributed by atoms with E-state index >= 15 is 0 Å². The molecule has 3 aliphatic heterocycles. The zero-order valence-electron chi connectivity index (χ0n) is 21.6. The lowest BCUT2D eigenvalue weighted by molar-refractivity contribution is -0.545. The number of nitrogens with one attached hydrogen (secondary N) is 2. The molecule has 1 aromatic rings. The fraction of sp³-hybridized carbons (Fsp3) is 0.423. The first kappa shape index (κ1) is 26.5. The highest BCUT2D eigenvalue weighted by molar-refractivity contribution is 6.26. The number of guanidine groups is 1. The van der Waals surface area contributed by atoms with E-state index < -0.39 is 30.4 Å². The third-order valence-electron chi connectivity index (χ3n) is 6.71. The van der Waals surface area contributed by atoms with Crippen molar-refractivity contribution in [2.45, 2.75) is 38.8 Å². The van der Waals surface area contributed by atoms with E-state index in [4.69, 9.17) is 0 Å². The number of imide groups is 1. The van der Waals surface area contributed by atoms with Crippen LogP contribution in [0.4, 0.5) is 10.5 Å². The molecule has 2 saturated heterocycles. The summed E-state index contributed by atoms with van der Waals surface area (Å²) in [4.78, 5) is 71.2. The number of nitrogens with zero attached hydrogens (tertiary/aromatic N) is 5. The first-order valence-corrected chi connectivity index (χ1v) is 12.3. The topological polar surface area (TPSA) is 134 Å². The lowest BCUT2D eigenvalue weighted by Gasteiger charge is -2.34. The van der Waals surface area contributed by atoms with Crippen LogP contribution in [0.3, 0.4) is 0 Å². The van der Waals surface area contributed by atoms with Gasteiger partial charge < -0.3 is 10.6 Å². The molecule has 0 aliphatic carbocycles. The van der Waals surface area contributed by atoms with Gasteiger partial charge in [0.1, 0.15) is 13.1 Å². The number of hydrogen-bond acceptors (Lipinski definition) is 5. The van der Waals surface area contributed by atoms with Crippen LogP contribution >= 0.6 is 0 Å². The Bertz CT molecular complexity index is 1310. The molecule has 2 unspecified atom stereocenters. The second kappa shape index (κ2) is 11.2. The number of rotatable bonds is 7. The Hall–Kier alpha value is -4.53. The highest BCUT2D eigenvalue weighted by Gasteiger charge is 2.56. The molecule has 198 valence electrons. The normalized spacial score (nSPS) is 22.8. The average molecular weight is 521 g/mol. The maximum atomic E-state index is 13.7. The Labute approximate surface area is 220 Å². The van der Waals surface area contributed by atoms with Crippen LogP contribution in [-0.2, 0) is 14.4 Å². The van der Waals surface area contributed by atoms with Gasteiger partial charge in [-0.1, -0.05) is 23.0 Å². The van der Waals surface area contributed by atoms with Gasteiger partial charge in [-0.05, 0) is 38.8 Å². The van der Waals surface area contributed by atoms with E-state index in [0.717, 1.165) is 17.7 Å². The SMILES string of the molecule is CC#CCN1C(=[N+]2CCCC(NC=O)C2)N=C2C1C(=O)N(CC(=O)Nc1ccccc1C(C)=O)C(=O)N2C. The highest BCUT2D eigenvalue weighted by atomic mass is 16.2. The van der Waals surface area contributed by atoms with Crippen LogP contribution in [0.15, 0.2) is 29.3 Å². The van der Waals surface area contributed by atoms with Crippen LogP contribution in [-0.4, -0.2) is 106 Å².